The van der Waals surface area contributed by atoms with Crippen LogP contribution in [0.25, 0.3) is 11.1 Å². The van der Waals surface area contributed by atoms with Crippen molar-refractivity contribution in [3.05, 3.63) is 34.0 Å². The molecule has 6 heteroatoms. The molecule has 4 rings (SSSR count). The molecule has 30 heavy (non-hydrogen) atoms. The molecule has 2 aliphatic rings. The van der Waals surface area contributed by atoms with Gasteiger partial charge in [0.1, 0.15) is 18.0 Å². The summed E-state index contributed by atoms with van der Waals surface area (Å²) in [5.41, 5.74) is 5.94. The monoisotopic (exact) mass is 428 g/mol. The summed E-state index contributed by atoms with van der Waals surface area (Å²) in [5.74, 6) is 0.986. The Morgan fingerprint density at radius 2 is 2.03 bits per heavy atom. The number of benzene rings is 1. The highest BCUT2D eigenvalue weighted by atomic mass is 32.1. The summed E-state index contributed by atoms with van der Waals surface area (Å²) >= 11 is 1.72. The van der Waals surface area contributed by atoms with Crippen LogP contribution >= 0.6 is 11.3 Å². The number of carbonyl (C=O) groups excluding carboxylic acids is 1. The van der Waals surface area contributed by atoms with Gasteiger partial charge in [-0.3, -0.25) is 0 Å². The molecule has 0 radical (unpaired) electrons. The maximum atomic E-state index is 12.7. The van der Waals surface area contributed by atoms with Crippen molar-refractivity contribution in [1.29, 1.82) is 0 Å². The lowest BCUT2D eigenvalue weighted by Crippen LogP contribution is -2.38. The molecule has 2 aliphatic heterocycles. The number of anilines is 1. The maximum Gasteiger partial charge on any atom is 0.410 e. The van der Waals surface area contributed by atoms with Crippen LogP contribution in [0.15, 0.2) is 22.9 Å². The second-order valence-electron chi connectivity index (χ2n) is 9.05. The van der Waals surface area contributed by atoms with E-state index in [0.717, 1.165) is 44.7 Å². The molecule has 0 saturated carbocycles. The molecule has 0 bridgehead atoms. The van der Waals surface area contributed by atoms with Crippen LogP contribution in [0.1, 0.15) is 45.2 Å². The summed E-state index contributed by atoms with van der Waals surface area (Å²) in [5, 5.41) is 4.36. The fourth-order valence-electron chi connectivity index (χ4n) is 4.38. The van der Waals surface area contributed by atoms with E-state index in [2.05, 4.69) is 34.7 Å². The van der Waals surface area contributed by atoms with E-state index in [0.29, 0.717) is 13.1 Å². The number of carbonyl (C=O) groups is 1. The predicted octanol–water partition coefficient (Wildman–Crippen LogP) is 5.36. The minimum Gasteiger partial charge on any atom is -0.490 e. The van der Waals surface area contributed by atoms with Gasteiger partial charge in [-0.05, 0) is 79.6 Å². The van der Waals surface area contributed by atoms with Crippen LogP contribution < -0.4 is 9.64 Å². The lowest BCUT2D eigenvalue weighted by Gasteiger charge is -2.34. The fraction of sp³-hybridized carbons (Fsp3) is 0.542. The van der Waals surface area contributed by atoms with Gasteiger partial charge in [0.05, 0.1) is 12.2 Å². The number of fused-ring (bicyclic) bond motifs is 2. The van der Waals surface area contributed by atoms with Gasteiger partial charge in [0.2, 0.25) is 0 Å². The van der Waals surface area contributed by atoms with Crippen molar-refractivity contribution in [2.24, 2.45) is 0 Å². The zero-order valence-electron chi connectivity index (χ0n) is 18.5. The van der Waals surface area contributed by atoms with E-state index in [4.69, 9.17) is 9.47 Å². The lowest BCUT2D eigenvalue weighted by atomic mass is 9.90. The van der Waals surface area contributed by atoms with Crippen LogP contribution in [0.4, 0.5) is 10.5 Å². The number of thiophene rings is 1. The van der Waals surface area contributed by atoms with Crippen LogP contribution in [0, 0.1) is 0 Å². The standard InChI is InChI=1S/C24H32N2O3S/c1-5-9-25-12-13-28-20-15-17-6-10-26(23(27)29-24(2,3)4)11-7-19(17)21(22(20)25)18-8-14-30-16-18/h8,14-16H,5-7,9-13H2,1-4H3. The Labute approximate surface area is 183 Å². The number of rotatable bonds is 3. The van der Waals surface area contributed by atoms with E-state index in [1.807, 2.05) is 25.7 Å². The first-order valence-corrected chi connectivity index (χ1v) is 11.9. The first-order valence-electron chi connectivity index (χ1n) is 10.9. The molecule has 0 atom stereocenters. The van der Waals surface area contributed by atoms with Gasteiger partial charge >= 0.3 is 6.09 Å². The molecule has 162 valence electrons. The molecule has 0 fully saturated rings. The third-order valence-corrected chi connectivity index (χ3v) is 6.32. The fourth-order valence-corrected chi connectivity index (χ4v) is 5.03. The third-order valence-electron chi connectivity index (χ3n) is 5.64. The molecule has 3 heterocycles. The Bertz CT molecular complexity index is 902. The Morgan fingerprint density at radius 3 is 2.73 bits per heavy atom. The van der Waals surface area contributed by atoms with Crippen LogP contribution in [0.3, 0.4) is 0 Å². The van der Waals surface area contributed by atoms with E-state index in [1.54, 1.807) is 11.3 Å². The second-order valence-corrected chi connectivity index (χ2v) is 9.83. The molecule has 1 amide bonds. The van der Waals surface area contributed by atoms with Crippen molar-refractivity contribution in [2.75, 3.05) is 37.7 Å². The molecule has 1 aromatic carbocycles. The Hall–Kier alpha value is -2.21. The smallest absolute Gasteiger partial charge is 0.410 e. The van der Waals surface area contributed by atoms with Crippen molar-refractivity contribution >= 4 is 23.1 Å². The first-order chi connectivity index (χ1) is 14.4. The van der Waals surface area contributed by atoms with Crippen molar-refractivity contribution in [3.63, 3.8) is 0 Å². The number of nitrogens with zero attached hydrogens (tertiary/aromatic N) is 2. The molecular formula is C24H32N2O3S. The molecule has 0 saturated heterocycles. The number of ether oxygens (including phenoxy) is 2. The van der Waals surface area contributed by atoms with Crippen LogP contribution in [-0.4, -0.2) is 49.4 Å². The largest absolute Gasteiger partial charge is 0.490 e. The normalized spacial score (nSPS) is 16.4. The van der Waals surface area contributed by atoms with Gasteiger partial charge in [-0.1, -0.05) is 6.92 Å². The van der Waals surface area contributed by atoms with Crippen molar-refractivity contribution < 1.29 is 14.3 Å². The zero-order chi connectivity index (χ0) is 21.3. The van der Waals surface area contributed by atoms with Gasteiger partial charge in [-0.25, -0.2) is 4.79 Å². The van der Waals surface area contributed by atoms with E-state index in [1.165, 1.54) is 27.9 Å². The molecule has 5 nitrogen and oxygen atoms in total. The van der Waals surface area contributed by atoms with Gasteiger partial charge in [0, 0.05) is 25.2 Å². The summed E-state index contributed by atoms with van der Waals surface area (Å²) in [6, 6.07) is 4.43. The quantitative estimate of drug-likeness (QED) is 0.660. The van der Waals surface area contributed by atoms with E-state index < -0.39 is 5.60 Å². The number of hydrogen-bond donors (Lipinski definition) is 0. The van der Waals surface area contributed by atoms with E-state index in [9.17, 15) is 4.79 Å². The highest BCUT2D eigenvalue weighted by Crippen LogP contribution is 2.46. The highest BCUT2D eigenvalue weighted by molar-refractivity contribution is 7.08. The summed E-state index contributed by atoms with van der Waals surface area (Å²) in [7, 11) is 0. The van der Waals surface area contributed by atoms with E-state index in [-0.39, 0.29) is 6.09 Å². The molecule has 0 spiro atoms. The molecule has 0 unspecified atom stereocenters. The van der Waals surface area contributed by atoms with Gasteiger partial charge in [0.25, 0.3) is 0 Å². The molecule has 1 aromatic heterocycles. The van der Waals surface area contributed by atoms with Crippen molar-refractivity contribution in [2.45, 2.75) is 52.6 Å². The lowest BCUT2D eigenvalue weighted by molar-refractivity contribution is 0.0258. The van der Waals surface area contributed by atoms with Crippen LogP contribution in [0.5, 0.6) is 5.75 Å². The van der Waals surface area contributed by atoms with Gasteiger partial charge in [0.15, 0.2) is 0 Å². The Balaban J connectivity index is 1.74. The van der Waals surface area contributed by atoms with Crippen LogP contribution in [0.2, 0.25) is 0 Å². The molecular weight excluding hydrogens is 396 g/mol. The molecule has 0 aliphatic carbocycles. The first kappa shape index (κ1) is 21.0. The Kier molecular flexibility index (Phi) is 5.96. The number of hydrogen-bond acceptors (Lipinski definition) is 5. The minimum atomic E-state index is -0.480. The molecule has 0 N–H and O–H groups in total. The SMILES string of the molecule is CCCN1CCOc2cc3c(c(-c4ccsc4)c21)CCN(C(=O)OC(C)(C)C)CC3. The maximum absolute atomic E-state index is 12.7. The predicted molar refractivity (Wildman–Crippen MR) is 123 cm³/mol. The number of amides is 1. The average molecular weight is 429 g/mol. The van der Waals surface area contributed by atoms with Gasteiger partial charge < -0.3 is 19.3 Å². The second kappa shape index (κ2) is 8.50. The summed E-state index contributed by atoms with van der Waals surface area (Å²) < 4.78 is 11.8. The minimum absolute atomic E-state index is 0.221. The molecule has 2 aromatic rings. The Morgan fingerprint density at radius 1 is 1.23 bits per heavy atom. The van der Waals surface area contributed by atoms with Gasteiger partial charge in [-0.2, -0.15) is 11.3 Å². The third kappa shape index (κ3) is 4.29. The highest BCUT2D eigenvalue weighted by Gasteiger charge is 2.30. The van der Waals surface area contributed by atoms with Gasteiger partial charge in [-0.15, -0.1) is 0 Å². The van der Waals surface area contributed by atoms with E-state index >= 15 is 0 Å². The van der Waals surface area contributed by atoms with Crippen LogP contribution in [-0.2, 0) is 17.6 Å². The van der Waals surface area contributed by atoms with Crippen molar-refractivity contribution in [3.8, 4) is 16.9 Å². The summed E-state index contributed by atoms with van der Waals surface area (Å²) in [6.45, 7) is 12.0. The topological polar surface area (TPSA) is 42.0 Å². The zero-order valence-corrected chi connectivity index (χ0v) is 19.3. The average Bonchev–Trinajstić information content (AvgIpc) is 3.12. The van der Waals surface area contributed by atoms with Crippen molar-refractivity contribution in [1.82, 2.24) is 4.90 Å². The summed E-state index contributed by atoms with van der Waals surface area (Å²) in [6.07, 6.45) is 2.52. The summed E-state index contributed by atoms with van der Waals surface area (Å²) in [4.78, 5) is 17.0.